The minimum atomic E-state index is -0.532. The number of aryl methyl sites for hydroxylation is 1. The Kier molecular flexibility index (Phi) is 3.84. The van der Waals surface area contributed by atoms with E-state index in [-0.39, 0.29) is 11.6 Å². The van der Waals surface area contributed by atoms with Gasteiger partial charge in [-0.25, -0.2) is 0 Å². The van der Waals surface area contributed by atoms with Crippen LogP contribution in [0.2, 0.25) is 0 Å². The normalized spacial score (nSPS) is 20.3. The Morgan fingerprint density at radius 3 is 2.50 bits per heavy atom. The van der Waals surface area contributed by atoms with Gasteiger partial charge < -0.3 is 14.4 Å². The summed E-state index contributed by atoms with van der Waals surface area (Å²) in [6.45, 7) is 3.91. The summed E-state index contributed by atoms with van der Waals surface area (Å²) in [4.78, 5) is 24.7. The van der Waals surface area contributed by atoms with E-state index < -0.39 is 10.7 Å². The van der Waals surface area contributed by atoms with E-state index in [0.29, 0.717) is 50.3 Å². The lowest BCUT2D eigenvalue weighted by atomic mass is 10.0. The summed E-state index contributed by atoms with van der Waals surface area (Å²) in [6, 6.07) is 4.60. The van der Waals surface area contributed by atoms with Gasteiger partial charge in [0.1, 0.15) is 0 Å². The third-order valence-corrected chi connectivity index (χ3v) is 4.28. The summed E-state index contributed by atoms with van der Waals surface area (Å²) >= 11 is 0. The van der Waals surface area contributed by atoms with Gasteiger partial charge in [-0.3, -0.25) is 14.9 Å². The fourth-order valence-corrected chi connectivity index (χ4v) is 2.96. The van der Waals surface area contributed by atoms with Gasteiger partial charge in [0.25, 0.3) is 11.6 Å². The molecular formula is C15H18N2O5. The zero-order valence-corrected chi connectivity index (χ0v) is 12.4. The van der Waals surface area contributed by atoms with Crippen molar-refractivity contribution in [3.05, 3.63) is 39.4 Å². The lowest BCUT2D eigenvalue weighted by Crippen LogP contribution is -2.47. The zero-order valence-electron chi connectivity index (χ0n) is 12.4. The van der Waals surface area contributed by atoms with Crippen molar-refractivity contribution < 1.29 is 19.2 Å². The summed E-state index contributed by atoms with van der Waals surface area (Å²) in [5.41, 5.74) is 0.871. The van der Waals surface area contributed by atoms with Crippen LogP contribution in [0.4, 0.5) is 5.69 Å². The molecule has 1 spiro atoms. The highest BCUT2D eigenvalue weighted by Crippen LogP contribution is 2.32. The van der Waals surface area contributed by atoms with Crippen molar-refractivity contribution in [2.75, 3.05) is 26.3 Å². The minimum Gasteiger partial charge on any atom is -0.347 e. The Morgan fingerprint density at radius 2 is 1.91 bits per heavy atom. The smallest absolute Gasteiger partial charge is 0.273 e. The van der Waals surface area contributed by atoms with E-state index in [1.165, 1.54) is 6.07 Å². The summed E-state index contributed by atoms with van der Waals surface area (Å²) in [7, 11) is 0. The van der Waals surface area contributed by atoms with Crippen LogP contribution >= 0.6 is 0 Å². The topological polar surface area (TPSA) is 81.9 Å². The van der Waals surface area contributed by atoms with Gasteiger partial charge >= 0.3 is 0 Å². The van der Waals surface area contributed by atoms with Crippen LogP contribution in [0.3, 0.4) is 0 Å². The molecule has 1 amide bonds. The predicted octanol–water partition coefficient (Wildman–Crippen LogP) is 1.88. The lowest BCUT2D eigenvalue weighted by molar-refractivity contribution is -0.385. The SMILES string of the molecule is Cc1ccc(C(=O)N2CCC3(CC2)OCCO3)cc1[N+](=O)[O-]. The summed E-state index contributed by atoms with van der Waals surface area (Å²) in [5.74, 6) is -0.716. The zero-order chi connectivity index (χ0) is 15.7. The van der Waals surface area contributed by atoms with Gasteiger partial charge in [-0.15, -0.1) is 0 Å². The Balaban J connectivity index is 1.72. The average Bonchev–Trinajstić information content (AvgIpc) is 2.96. The third kappa shape index (κ3) is 2.69. The number of nitrogens with zero attached hydrogens (tertiary/aromatic N) is 2. The molecule has 7 nitrogen and oxygen atoms in total. The molecule has 0 bridgehead atoms. The molecule has 0 atom stereocenters. The number of ether oxygens (including phenoxy) is 2. The molecular weight excluding hydrogens is 288 g/mol. The second-order valence-electron chi connectivity index (χ2n) is 5.66. The molecule has 2 aliphatic rings. The number of nitro groups is 1. The summed E-state index contributed by atoms with van der Waals surface area (Å²) in [5, 5.41) is 11.0. The van der Waals surface area contributed by atoms with E-state index in [1.54, 1.807) is 24.0 Å². The van der Waals surface area contributed by atoms with E-state index in [9.17, 15) is 14.9 Å². The van der Waals surface area contributed by atoms with Crippen molar-refractivity contribution >= 4 is 11.6 Å². The van der Waals surface area contributed by atoms with Crippen molar-refractivity contribution in [2.24, 2.45) is 0 Å². The first kappa shape index (κ1) is 14.9. The van der Waals surface area contributed by atoms with Crippen molar-refractivity contribution in [2.45, 2.75) is 25.6 Å². The highest BCUT2D eigenvalue weighted by molar-refractivity contribution is 5.95. The summed E-state index contributed by atoms with van der Waals surface area (Å²) < 4.78 is 11.3. The molecule has 7 heteroatoms. The molecule has 1 aromatic rings. The van der Waals surface area contributed by atoms with Crippen molar-refractivity contribution in [3.63, 3.8) is 0 Å². The fraction of sp³-hybridized carbons (Fsp3) is 0.533. The van der Waals surface area contributed by atoms with Crippen molar-refractivity contribution in [1.29, 1.82) is 0 Å². The van der Waals surface area contributed by atoms with Gasteiger partial charge in [-0.05, 0) is 13.0 Å². The van der Waals surface area contributed by atoms with Crippen LogP contribution in [0.1, 0.15) is 28.8 Å². The molecule has 0 saturated carbocycles. The highest BCUT2D eigenvalue weighted by atomic mass is 16.7. The standard InChI is InChI=1S/C15H18N2O5/c1-11-2-3-12(10-13(11)17(19)20)14(18)16-6-4-15(5-7-16)21-8-9-22-15/h2-3,10H,4-9H2,1H3. The third-order valence-electron chi connectivity index (χ3n) is 4.28. The average molecular weight is 306 g/mol. The number of rotatable bonds is 2. The molecule has 0 unspecified atom stereocenters. The predicted molar refractivity (Wildman–Crippen MR) is 77.6 cm³/mol. The van der Waals surface area contributed by atoms with E-state index in [0.717, 1.165) is 0 Å². The van der Waals surface area contributed by atoms with Crippen LogP contribution in [0, 0.1) is 17.0 Å². The van der Waals surface area contributed by atoms with Crippen molar-refractivity contribution in [1.82, 2.24) is 4.90 Å². The van der Waals surface area contributed by atoms with Gasteiger partial charge in [0, 0.05) is 43.1 Å². The molecule has 2 heterocycles. The van der Waals surface area contributed by atoms with Crippen molar-refractivity contribution in [3.8, 4) is 0 Å². The number of piperidine rings is 1. The maximum Gasteiger partial charge on any atom is 0.273 e. The quantitative estimate of drug-likeness (QED) is 0.615. The largest absolute Gasteiger partial charge is 0.347 e. The monoisotopic (exact) mass is 306 g/mol. The molecule has 22 heavy (non-hydrogen) atoms. The fourth-order valence-electron chi connectivity index (χ4n) is 2.96. The number of likely N-dealkylation sites (tertiary alicyclic amines) is 1. The summed E-state index contributed by atoms with van der Waals surface area (Å²) in [6.07, 6.45) is 1.26. The maximum absolute atomic E-state index is 12.5. The minimum absolute atomic E-state index is 0.0261. The molecule has 2 saturated heterocycles. The van der Waals surface area contributed by atoms with E-state index >= 15 is 0 Å². The van der Waals surface area contributed by atoms with Crippen LogP contribution < -0.4 is 0 Å². The molecule has 0 radical (unpaired) electrons. The number of benzene rings is 1. The molecule has 1 aromatic carbocycles. The molecule has 0 N–H and O–H groups in total. The maximum atomic E-state index is 12.5. The molecule has 0 aromatic heterocycles. The second-order valence-corrected chi connectivity index (χ2v) is 5.66. The van der Waals surface area contributed by atoms with Crippen LogP contribution in [0.5, 0.6) is 0 Å². The molecule has 0 aliphatic carbocycles. The Bertz CT molecular complexity index is 600. The number of carbonyl (C=O) groups is 1. The van der Waals surface area contributed by atoms with E-state index in [1.807, 2.05) is 0 Å². The first-order valence-corrected chi connectivity index (χ1v) is 7.33. The van der Waals surface area contributed by atoms with Crippen LogP contribution in [0.25, 0.3) is 0 Å². The molecule has 3 rings (SSSR count). The number of nitro benzene ring substituents is 1. The number of carbonyl (C=O) groups excluding carboxylic acids is 1. The van der Waals surface area contributed by atoms with Gasteiger partial charge in [0.15, 0.2) is 5.79 Å². The Morgan fingerprint density at radius 1 is 1.27 bits per heavy atom. The highest BCUT2D eigenvalue weighted by Gasteiger charge is 2.40. The van der Waals surface area contributed by atoms with Gasteiger partial charge in [-0.1, -0.05) is 6.07 Å². The van der Waals surface area contributed by atoms with Crippen LogP contribution in [0.15, 0.2) is 18.2 Å². The van der Waals surface area contributed by atoms with Gasteiger partial charge in [0.2, 0.25) is 0 Å². The second kappa shape index (κ2) is 5.66. The molecule has 118 valence electrons. The number of hydrogen-bond donors (Lipinski definition) is 0. The van der Waals surface area contributed by atoms with E-state index in [2.05, 4.69) is 0 Å². The first-order chi connectivity index (χ1) is 10.5. The number of amides is 1. The van der Waals surface area contributed by atoms with Crippen LogP contribution in [-0.2, 0) is 9.47 Å². The molecule has 2 fully saturated rings. The number of hydrogen-bond acceptors (Lipinski definition) is 5. The van der Waals surface area contributed by atoms with E-state index in [4.69, 9.17) is 9.47 Å². The Hall–Kier alpha value is -1.99. The van der Waals surface area contributed by atoms with Gasteiger partial charge in [-0.2, -0.15) is 0 Å². The van der Waals surface area contributed by atoms with Gasteiger partial charge in [0.05, 0.1) is 18.1 Å². The first-order valence-electron chi connectivity index (χ1n) is 7.33. The molecule has 2 aliphatic heterocycles. The van der Waals surface area contributed by atoms with Crippen LogP contribution in [-0.4, -0.2) is 47.8 Å². The lowest BCUT2D eigenvalue weighted by Gasteiger charge is -2.37. The Labute approximate surface area is 128 Å².